The van der Waals surface area contributed by atoms with E-state index in [2.05, 4.69) is 4.90 Å². The van der Waals surface area contributed by atoms with Crippen molar-refractivity contribution in [3.8, 4) is 16.9 Å². The number of hydrogen-bond donors (Lipinski definition) is 0. The van der Waals surface area contributed by atoms with Crippen molar-refractivity contribution >= 4 is 22.5 Å². The summed E-state index contributed by atoms with van der Waals surface area (Å²) < 4.78 is 5.33. The highest BCUT2D eigenvalue weighted by Crippen LogP contribution is 2.46. The summed E-state index contributed by atoms with van der Waals surface area (Å²) in [6, 6.07) is 13.7. The Morgan fingerprint density at radius 2 is 1.80 bits per heavy atom. The first-order chi connectivity index (χ1) is 12.3. The van der Waals surface area contributed by atoms with Crippen LogP contribution in [0.3, 0.4) is 0 Å². The van der Waals surface area contributed by atoms with Crippen molar-refractivity contribution in [3.63, 3.8) is 0 Å². The molecule has 2 aliphatic rings. The summed E-state index contributed by atoms with van der Waals surface area (Å²) in [5.74, 6) is 1.73. The number of methoxy groups -OCH3 is 1. The van der Waals surface area contributed by atoms with Crippen LogP contribution in [0.25, 0.3) is 22.0 Å². The number of pyridine rings is 1. The van der Waals surface area contributed by atoms with Gasteiger partial charge in [0, 0.05) is 35.2 Å². The molecule has 1 aliphatic heterocycles. The third kappa shape index (κ3) is 2.00. The maximum Gasteiger partial charge on any atom is 0.195 e. The number of fused-ring (bicyclic) bond motifs is 5. The Morgan fingerprint density at radius 1 is 1.00 bits per heavy atom. The lowest BCUT2D eigenvalue weighted by atomic mass is 10.0. The largest absolute Gasteiger partial charge is 0.497 e. The van der Waals surface area contributed by atoms with E-state index >= 15 is 0 Å². The van der Waals surface area contributed by atoms with E-state index in [4.69, 9.17) is 9.72 Å². The van der Waals surface area contributed by atoms with Crippen molar-refractivity contribution in [1.29, 1.82) is 0 Å². The Labute approximate surface area is 146 Å². The normalized spacial score (nSPS) is 15.6. The third-order valence-corrected chi connectivity index (χ3v) is 5.25. The lowest BCUT2D eigenvalue weighted by molar-refractivity contribution is 0.104. The van der Waals surface area contributed by atoms with E-state index < -0.39 is 0 Å². The van der Waals surface area contributed by atoms with Crippen LogP contribution < -0.4 is 9.64 Å². The lowest BCUT2D eigenvalue weighted by Gasteiger charge is -2.21. The maximum absolute atomic E-state index is 13.2. The highest BCUT2D eigenvalue weighted by atomic mass is 16.5. The van der Waals surface area contributed by atoms with Crippen LogP contribution in [0.15, 0.2) is 42.5 Å². The number of benzene rings is 2. The summed E-state index contributed by atoms with van der Waals surface area (Å²) in [5.41, 5.74) is 4.35. The molecule has 25 heavy (non-hydrogen) atoms. The van der Waals surface area contributed by atoms with Crippen molar-refractivity contribution < 1.29 is 9.53 Å². The van der Waals surface area contributed by atoms with Gasteiger partial charge in [-0.25, -0.2) is 4.98 Å². The molecule has 5 rings (SSSR count). The minimum atomic E-state index is 0.0722. The van der Waals surface area contributed by atoms with E-state index in [0.29, 0.717) is 11.3 Å². The Morgan fingerprint density at radius 3 is 2.60 bits per heavy atom. The van der Waals surface area contributed by atoms with E-state index in [0.717, 1.165) is 46.5 Å². The van der Waals surface area contributed by atoms with E-state index in [1.807, 2.05) is 42.5 Å². The smallest absolute Gasteiger partial charge is 0.195 e. The van der Waals surface area contributed by atoms with Crippen LogP contribution in [0.5, 0.6) is 5.75 Å². The quantitative estimate of drug-likeness (QED) is 0.556. The van der Waals surface area contributed by atoms with Crippen LogP contribution in [0, 0.1) is 0 Å². The number of hydrogen-bond acceptors (Lipinski definition) is 4. The van der Waals surface area contributed by atoms with Crippen LogP contribution in [0.1, 0.15) is 28.8 Å². The van der Waals surface area contributed by atoms with Gasteiger partial charge in [0.25, 0.3) is 0 Å². The third-order valence-electron chi connectivity index (χ3n) is 5.25. The van der Waals surface area contributed by atoms with Gasteiger partial charge in [-0.05, 0) is 42.7 Å². The van der Waals surface area contributed by atoms with Gasteiger partial charge >= 0.3 is 0 Å². The Kier molecular flexibility index (Phi) is 3.07. The van der Waals surface area contributed by atoms with Gasteiger partial charge in [0.1, 0.15) is 11.6 Å². The highest BCUT2D eigenvalue weighted by Gasteiger charge is 2.34. The maximum atomic E-state index is 13.2. The van der Waals surface area contributed by atoms with Gasteiger partial charge in [-0.15, -0.1) is 0 Å². The van der Waals surface area contributed by atoms with E-state index in [-0.39, 0.29) is 5.78 Å². The number of carbonyl (C=O) groups excluding carboxylic acids is 1. The zero-order valence-electron chi connectivity index (χ0n) is 14.1. The average Bonchev–Trinajstić information content (AvgIpc) is 3.28. The number of ether oxygens (including phenoxy) is 1. The van der Waals surface area contributed by atoms with Gasteiger partial charge in [0.05, 0.1) is 12.6 Å². The molecule has 0 bridgehead atoms. The predicted octanol–water partition coefficient (Wildman–Crippen LogP) is 4.06. The highest BCUT2D eigenvalue weighted by molar-refractivity contribution is 6.28. The van der Waals surface area contributed by atoms with Crippen molar-refractivity contribution in [2.75, 3.05) is 25.1 Å². The molecule has 4 nitrogen and oxygen atoms in total. The van der Waals surface area contributed by atoms with Crippen LogP contribution >= 0.6 is 0 Å². The summed E-state index contributed by atoms with van der Waals surface area (Å²) in [7, 11) is 1.63. The second-order valence-electron chi connectivity index (χ2n) is 6.64. The first-order valence-electron chi connectivity index (χ1n) is 8.69. The second-order valence-corrected chi connectivity index (χ2v) is 6.64. The van der Waals surface area contributed by atoms with Crippen LogP contribution in [0.2, 0.25) is 0 Å². The summed E-state index contributed by atoms with van der Waals surface area (Å²) in [5, 5.41) is 0.931. The molecular weight excluding hydrogens is 312 g/mol. The van der Waals surface area contributed by atoms with Gasteiger partial charge in [-0.3, -0.25) is 4.79 Å². The first-order valence-corrected chi connectivity index (χ1v) is 8.69. The monoisotopic (exact) mass is 330 g/mol. The van der Waals surface area contributed by atoms with Crippen LogP contribution in [-0.2, 0) is 0 Å². The molecule has 0 unspecified atom stereocenters. The number of carbonyl (C=O) groups is 1. The molecule has 2 aromatic carbocycles. The molecule has 4 heteroatoms. The van der Waals surface area contributed by atoms with Crippen molar-refractivity contribution in [3.05, 3.63) is 53.6 Å². The van der Waals surface area contributed by atoms with E-state index in [1.165, 1.54) is 12.8 Å². The zero-order chi connectivity index (χ0) is 17.0. The van der Waals surface area contributed by atoms with Crippen LogP contribution in [0.4, 0.5) is 5.82 Å². The molecule has 1 fully saturated rings. The Hall–Kier alpha value is -2.88. The molecule has 0 spiro atoms. The molecule has 2 heterocycles. The minimum absolute atomic E-state index is 0.0722. The van der Waals surface area contributed by atoms with Crippen molar-refractivity contribution in [2.45, 2.75) is 12.8 Å². The molecule has 1 aliphatic carbocycles. The number of nitrogens with zero attached hydrogens (tertiary/aromatic N) is 2. The fourth-order valence-electron chi connectivity index (χ4n) is 4.04. The fourth-order valence-corrected chi connectivity index (χ4v) is 4.04. The van der Waals surface area contributed by atoms with Crippen molar-refractivity contribution in [1.82, 2.24) is 4.98 Å². The predicted molar refractivity (Wildman–Crippen MR) is 98.6 cm³/mol. The summed E-state index contributed by atoms with van der Waals surface area (Å²) in [6.45, 7) is 1.99. The molecule has 124 valence electrons. The molecular formula is C21H18N2O2. The molecule has 0 radical (unpaired) electrons. The van der Waals surface area contributed by atoms with Crippen LogP contribution in [-0.4, -0.2) is 31.0 Å². The fraction of sp³-hybridized carbons (Fsp3) is 0.238. The summed E-state index contributed by atoms with van der Waals surface area (Å²) in [6.07, 6.45) is 2.35. The van der Waals surface area contributed by atoms with Gasteiger partial charge in [-0.1, -0.05) is 18.2 Å². The number of para-hydroxylation sites is 1. The topological polar surface area (TPSA) is 42.4 Å². The van der Waals surface area contributed by atoms with E-state index in [1.54, 1.807) is 7.11 Å². The molecule has 3 aromatic rings. The van der Waals surface area contributed by atoms with E-state index in [9.17, 15) is 4.79 Å². The first kappa shape index (κ1) is 14.5. The number of aromatic nitrogens is 1. The van der Waals surface area contributed by atoms with Gasteiger partial charge in [-0.2, -0.15) is 0 Å². The second kappa shape index (κ2) is 5.31. The Balaban J connectivity index is 1.86. The lowest BCUT2D eigenvalue weighted by Crippen LogP contribution is -2.20. The summed E-state index contributed by atoms with van der Waals surface area (Å²) >= 11 is 0. The Bertz CT molecular complexity index is 1020. The SMILES string of the molecule is COc1ccc2c(c1)C(=O)c1c-2c(N2CCCC2)nc2ccccc12. The number of anilines is 1. The molecule has 0 saturated carbocycles. The number of ketones is 1. The van der Waals surface area contributed by atoms with Gasteiger partial charge in [0.2, 0.25) is 0 Å². The minimum Gasteiger partial charge on any atom is -0.497 e. The molecule has 1 aromatic heterocycles. The number of rotatable bonds is 2. The molecule has 0 atom stereocenters. The van der Waals surface area contributed by atoms with Crippen molar-refractivity contribution in [2.24, 2.45) is 0 Å². The molecule has 0 amide bonds. The standard InChI is InChI=1S/C21H18N2O2/c1-25-13-8-9-14-16(12-13)20(24)18-15-6-2-3-7-17(15)22-21(19(14)18)23-10-4-5-11-23/h2-3,6-9,12H,4-5,10-11H2,1H3. The average molecular weight is 330 g/mol. The summed E-state index contributed by atoms with van der Waals surface area (Å²) in [4.78, 5) is 20.5. The van der Waals surface area contributed by atoms with Gasteiger partial charge < -0.3 is 9.64 Å². The van der Waals surface area contributed by atoms with Gasteiger partial charge in [0.15, 0.2) is 5.78 Å². The molecule has 0 N–H and O–H groups in total. The molecule has 1 saturated heterocycles. The zero-order valence-corrected chi connectivity index (χ0v) is 14.1.